The average Bonchev–Trinajstić information content (AvgIpc) is 2.45. The predicted molar refractivity (Wildman–Crippen MR) is 77.3 cm³/mol. The summed E-state index contributed by atoms with van der Waals surface area (Å²) in [5.74, 6) is 0.848. The molecule has 100 valence electrons. The minimum Gasteiger partial charge on any atom is -0.496 e. The van der Waals surface area contributed by atoms with E-state index in [1.54, 1.807) is 37.5 Å². The van der Waals surface area contributed by atoms with Crippen LogP contribution < -0.4 is 10.5 Å². The van der Waals surface area contributed by atoms with E-state index in [1.165, 1.54) is 0 Å². The number of aromatic nitrogens is 2. The summed E-state index contributed by atoms with van der Waals surface area (Å²) in [5, 5.41) is 0.934. The molecule has 2 unspecified atom stereocenters. The molecule has 2 rings (SSSR count). The minimum atomic E-state index is -0.0247. The lowest BCUT2D eigenvalue weighted by Gasteiger charge is -2.22. The van der Waals surface area contributed by atoms with Crippen LogP contribution in [0.4, 0.5) is 0 Å². The van der Waals surface area contributed by atoms with Crippen molar-refractivity contribution in [2.75, 3.05) is 7.11 Å². The number of para-hydroxylation sites is 1. The van der Waals surface area contributed by atoms with Crippen LogP contribution in [0.5, 0.6) is 5.75 Å². The lowest BCUT2D eigenvalue weighted by atomic mass is 10.1. The van der Waals surface area contributed by atoms with E-state index in [-0.39, 0.29) is 11.3 Å². The van der Waals surface area contributed by atoms with Crippen LogP contribution in [0.1, 0.15) is 17.7 Å². The molecule has 0 aliphatic carbocycles. The number of ether oxygens (including phenoxy) is 1. The lowest BCUT2D eigenvalue weighted by Crippen LogP contribution is -2.23. The van der Waals surface area contributed by atoms with Crippen molar-refractivity contribution in [1.29, 1.82) is 0 Å². The highest BCUT2D eigenvalue weighted by Gasteiger charge is 2.21. The van der Waals surface area contributed by atoms with Gasteiger partial charge in [0.1, 0.15) is 10.8 Å². The summed E-state index contributed by atoms with van der Waals surface area (Å²) in [7, 11) is 1.67. The molecule has 0 aliphatic rings. The predicted octanol–water partition coefficient (Wildman–Crippen LogP) is 2.67. The first kappa shape index (κ1) is 13.8. The number of methoxy groups -OCH3 is 1. The van der Waals surface area contributed by atoms with Crippen molar-refractivity contribution in [3.8, 4) is 5.75 Å². The highest BCUT2D eigenvalue weighted by molar-refractivity contribution is 7.99. The van der Waals surface area contributed by atoms with Gasteiger partial charge in [-0.1, -0.05) is 30.0 Å². The Morgan fingerprint density at radius 3 is 2.68 bits per heavy atom. The Morgan fingerprint density at radius 2 is 2.05 bits per heavy atom. The molecule has 2 atom stereocenters. The van der Waals surface area contributed by atoms with E-state index < -0.39 is 0 Å². The SMILES string of the molecule is COc1ccccc1C(Sc1cnccn1)C(C)N. The van der Waals surface area contributed by atoms with Gasteiger partial charge in [-0.3, -0.25) is 4.98 Å². The van der Waals surface area contributed by atoms with E-state index in [0.717, 1.165) is 16.3 Å². The topological polar surface area (TPSA) is 61.0 Å². The number of benzene rings is 1. The molecule has 0 radical (unpaired) electrons. The van der Waals surface area contributed by atoms with Crippen molar-refractivity contribution in [1.82, 2.24) is 9.97 Å². The zero-order valence-electron chi connectivity index (χ0n) is 11.0. The highest BCUT2D eigenvalue weighted by Crippen LogP contribution is 2.39. The largest absolute Gasteiger partial charge is 0.496 e. The smallest absolute Gasteiger partial charge is 0.123 e. The van der Waals surface area contributed by atoms with Crippen LogP contribution in [0.3, 0.4) is 0 Å². The van der Waals surface area contributed by atoms with E-state index in [0.29, 0.717) is 0 Å². The molecule has 5 heteroatoms. The molecule has 19 heavy (non-hydrogen) atoms. The van der Waals surface area contributed by atoms with Crippen LogP contribution in [-0.2, 0) is 0 Å². The number of rotatable bonds is 5. The second-order valence-electron chi connectivity index (χ2n) is 4.18. The molecule has 1 aromatic carbocycles. The summed E-state index contributed by atoms with van der Waals surface area (Å²) in [6.07, 6.45) is 5.09. The van der Waals surface area contributed by atoms with Gasteiger partial charge in [-0.05, 0) is 13.0 Å². The van der Waals surface area contributed by atoms with Crippen LogP contribution in [0, 0.1) is 0 Å². The fourth-order valence-electron chi connectivity index (χ4n) is 1.83. The first-order chi connectivity index (χ1) is 9.22. The monoisotopic (exact) mass is 275 g/mol. The number of hydrogen-bond donors (Lipinski definition) is 1. The fraction of sp³-hybridized carbons (Fsp3) is 0.286. The summed E-state index contributed by atoms with van der Waals surface area (Å²) < 4.78 is 5.41. The second kappa shape index (κ2) is 6.54. The third-order valence-electron chi connectivity index (χ3n) is 2.71. The molecule has 0 saturated carbocycles. The van der Waals surface area contributed by atoms with Gasteiger partial charge < -0.3 is 10.5 Å². The molecule has 0 fully saturated rings. The fourth-order valence-corrected chi connectivity index (χ4v) is 2.87. The molecule has 2 N–H and O–H groups in total. The van der Waals surface area contributed by atoms with E-state index in [1.807, 2.05) is 31.2 Å². The second-order valence-corrected chi connectivity index (χ2v) is 5.35. The molecule has 1 aromatic heterocycles. The van der Waals surface area contributed by atoms with Gasteiger partial charge in [-0.15, -0.1) is 0 Å². The maximum atomic E-state index is 6.12. The standard InChI is InChI=1S/C14H17N3OS/c1-10(15)14(19-13-9-16-7-8-17-13)11-5-3-4-6-12(11)18-2/h3-10,14H,15H2,1-2H3. The molecular formula is C14H17N3OS. The molecule has 0 aliphatic heterocycles. The highest BCUT2D eigenvalue weighted by atomic mass is 32.2. The zero-order valence-corrected chi connectivity index (χ0v) is 11.8. The van der Waals surface area contributed by atoms with E-state index in [2.05, 4.69) is 9.97 Å². The third-order valence-corrected chi connectivity index (χ3v) is 4.10. The maximum absolute atomic E-state index is 6.12. The molecule has 0 spiro atoms. The van der Waals surface area contributed by atoms with Crippen molar-refractivity contribution in [3.63, 3.8) is 0 Å². The van der Waals surface area contributed by atoms with Crippen molar-refractivity contribution in [3.05, 3.63) is 48.4 Å². The molecule has 1 heterocycles. The molecule has 0 bridgehead atoms. The Kier molecular flexibility index (Phi) is 4.76. The van der Waals surface area contributed by atoms with Gasteiger partial charge >= 0.3 is 0 Å². The first-order valence-electron chi connectivity index (χ1n) is 6.03. The van der Waals surface area contributed by atoms with Gasteiger partial charge in [-0.2, -0.15) is 0 Å². The number of thioether (sulfide) groups is 1. The van der Waals surface area contributed by atoms with Gasteiger partial charge in [0.2, 0.25) is 0 Å². The molecule has 0 amide bonds. The summed E-state index contributed by atoms with van der Waals surface area (Å²) >= 11 is 1.60. The van der Waals surface area contributed by atoms with E-state index in [9.17, 15) is 0 Å². The minimum absolute atomic E-state index is 0.0247. The first-order valence-corrected chi connectivity index (χ1v) is 6.91. The van der Waals surface area contributed by atoms with Gasteiger partial charge in [0, 0.05) is 24.0 Å². The van der Waals surface area contributed by atoms with Crippen LogP contribution in [-0.4, -0.2) is 23.1 Å². The lowest BCUT2D eigenvalue weighted by molar-refractivity contribution is 0.408. The van der Waals surface area contributed by atoms with Crippen molar-refractivity contribution in [2.45, 2.75) is 23.2 Å². The van der Waals surface area contributed by atoms with Crippen LogP contribution >= 0.6 is 11.8 Å². The quantitative estimate of drug-likeness (QED) is 0.850. The number of hydrogen-bond acceptors (Lipinski definition) is 5. The Bertz CT molecular complexity index is 519. The summed E-state index contributed by atoms with van der Waals surface area (Å²) in [6.45, 7) is 1.99. The Hall–Kier alpha value is -1.59. The Morgan fingerprint density at radius 1 is 1.26 bits per heavy atom. The molecular weight excluding hydrogens is 258 g/mol. The van der Waals surface area contributed by atoms with Gasteiger partial charge in [0.25, 0.3) is 0 Å². The zero-order chi connectivity index (χ0) is 13.7. The van der Waals surface area contributed by atoms with Gasteiger partial charge in [-0.25, -0.2) is 4.98 Å². The number of nitrogens with two attached hydrogens (primary N) is 1. The third kappa shape index (κ3) is 3.45. The van der Waals surface area contributed by atoms with Crippen LogP contribution in [0.2, 0.25) is 0 Å². The normalized spacial score (nSPS) is 13.8. The molecule has 0 saturated heterocycles. The van der Waals surface area contributed by atoms with Crippen molar-refractivity contribution >= 4 is 11.8 Å². The van der Waals surface area contributed by atoms with E-state index >= 15 is 0 Å². The Labute approximate surface area is 117 Å². The van der Waals surface area contributed by atoms with Gasteiger partial charge in [0.15, 0.2) is 0 Å². The van der Waals surface area contributed by atoms with Gasteiger partial charge in [0.05, 0.1) is 18.6 Å². The molecule has 4 nitrogen and oxygen atoms in total. The summed E-state index contributed by atoms with van der Waals surface area (Å²) in [5.41, 5.74) is 7.19. The summed E-state index contributed by atoms with van der Waals surface area (Å²) in [6, 6.07) is 7.90. The van der Waals surface area contributed by atoms with Crippen LogP contribution in [0.25, 0.3) is 0 Å². The summed E-state index contributed by atoms with van der Waals surface area (Å²) in [4.78, 5) is 8.36. The molecule has 2 aromatic rings. The van der Waals surface area contributed by atoms with E-state index in [4.69, 9.17) is 10.5 Å². The average molecular weight is 275 g/mol. The number of nitrogens with zero attached hydrogens (tertiary/aromatic N) is 2. The van der Waals surface area contributed by atoms with Crippen LogP contribution in [0.15, 0.2) is 47.9 Å². The maximum Gasteiger partial charge on any atom is 0.123 e. The van der Waals surface area contributed by atoms with Crippen molar-refractivity contribution < 1.29 is 4.74 Å². The van der Waals surface area contributed by atoms with Crippen molar-refractivity contribution in [2.24, 2.45) is 5.73 Å². The Balaban J connectivity index is 2.30.